The molecule has 18 heavy (non-hydrogen) atoms. The third kappa shape index (κ3) is 1.92. The Morgan fingerprint density at radius 3 is 2.61 bits per heavy atom. The van der Waals surface area contributed by atoms with Gasteiger partial charge >= 0.3 is 0 Å². The van der Waals surface area contributed by atoms with Crippen molar-refractivity contribution in [1.29, 1.82) is 0 Å². The fraction of sp³-hybridized carbons (Fsp3) is 0.133. The molecule has 0 atom stereocenters. The minimum Gasteiger partial charge on any atom is -0.234 e. The van der Waals surface area contributed by atoms with Gasteiger partial charge in [0, 0.05) is 5.56 Å². The van der Waals surface area contributed by atoms with E-state index >= 15 is 0 Å². The van der Waals surface area contributed by atoms with Crippen LogP contribution in [0.25, 0.3) is 20.8 Å². The number of hydrogen-bond acceptors (Lipinski definition) is 2. The smallest absolute Gasteiger partial charge is 0.124 e. The number of aromatic nitrogens is 1. The van der Waals surface area contributed by atoms with Gasteiger partial charge in [0.15, 0.2) is 0 Å². The van der Waals surface area contributed by atoms with Crippen LogP contribution in [0.5, 0.6) is 0 Å². The topological polar surface area (TPSA) is 12.9 Å². The zero-order valence-electron chi connectivity index (χ0n) is 10.2. The SMILES string of the molecule is Cc1ccc(-c2nc3c(Cl)cccc3s2)cc1C. The molecule has 1 aromatic heterocycles. The van der Waals surface area contributed by atoms with Crippen LogP contribution in [0.4, 0.5) is 0 Å². The molecule has 0 saturated carbocycles. The van der Waals surface area contributed by atoms with E-state index in [-0.39, 0.29) is 0 Å². The first-order valence-corrected chi connectivity index (χ1v) is 6.97. The summed E-state index contributed by atoms with van der Waals surface area (Å²) >= 11 is 7.84. The number of benzene rings is 2. The zero-order valence-corrected chi connectivity index (χ0v) is 11.8. The van der Waals surface area contributed by atoms with Gasteiger partial charge in [0.1, 0.15) is 10.5 Å². The van der Waals surface area contributed by atoms with Crippen molar-refractivity contribution in [3.8, 4) is 10.6 Å². The van der Waals surface area contributed by atoms with Gasteiger partial charge in [-0.1, -0.05) is 29.8 Å². The number of aryl methyl sites for hydroxylation is 2. The van der Waals surface area contributed by atoms with Crippen molar-refractivity contribution >= 4 is 33.2 Å². The van der Waals surface area contributed by atoms with Gasteiger partial charge in [0.2, 0.25) is 0 Å². The monoisotopic (exact) mass is 273 g/mol. The molecule has 0 aliphatic heterocycles. The number of para-hydroxylation sites is 1. The van der Waals surface area contributed by atoms with E-state index in [1.165, 1.54) is 11.1 Å². The summed E-state index contributed by atoms with van der Waals surface area (Å²) in [5.74, 6) is 0. The summed E-state index contributed by atoms with van der Waals surface area (Å²) in [6, 6.07) is 12.3. The van der Waals surface area contributed by atoms with Crippen molar-refractivity contribution in [3.05, 3.63) is 52.5 Å². The zero-order chi connectivity index (χ0) is 12.7. The van der Waals surface area contributed by atoms with Gasteiger partial charge in [0.25, 0.3) is 0 Å². The number of nitrogens with zero attached hydrogens (tertiary/aromatic N) is 1. The van der Waals surface area contributed by atoms with Gasteiger partial charge in [-0.2, -0.15) is 0 Å². The van der Waals surface area contributed by atoms with Gasteiger partial charge in [0.05, 0.1) is 9.72 Å². The van der Waals surface area contributed by atoms with E-state index in [0.29, 0.717) is 0 Å². The second-order valence-corrected chi connectivity index (χ2v) is 5.84. The van der Waals surface area contributed by atoms with Crippen LogP contribution in [-0.2, 0) is 0 Å². The van der Waals surface area contributed by atoms with Crippen LogP contribution < -0.4 is 0 Å². The summed E-state index contributed by atoms with van der Waals surface area (Å²) in [7, 11) is 0. The average molecular weight is 274 g/mol. The number of halogens is 1. The molecule has 0 aliphatic rings. The predicted octanol–water partition coefficient (Wildman–Crippen LogP) is 5.23. The van der Waals surface area contributed by atoms with Crippen molar-refractivity contribution in [2.45, 2.75) is 13.8 Å². The number of rotatable bonds is 1. The molecule has 0 aliphatic carbocycles. The number of thiazole rings is 1. The van der Waals surface area contributed by atoms with Crippen LogP contribution in [0.2, 0.25) is 5.02 Å². The first-order chi connectivity index (χ1) is 8.65. The van der Waals surface area contributed by atoms with Gasteiger partial charge in [-0.05, 0) is 43.2 Å². The maximum absolute atomic E-state index is 6.16. The van der Waals surface area contributed by atoms with E-state index in [0.717, 1.165) is 25.8 Å². The van der Waals surface area contributed by atoms with Crippen LogP contribution in [0.15, 0.2) is 36.4 Å². The van der Waals surface area contributed by atoms with Gasteiger partial charge in [-0.25, -0.2) is 4.98 Å². The Morgan fingerprint density at radius 1 is 1.06 bits per heavy atom. The lowest BCUT2D eigenvalue weighted by Gasteiger charge is -2.01. The predicted molar refractivity (Wildman–Crippen MR) is 79.5 cm³/mol. The standard InChI is InChI=1S/C15H12ClNS/c1-9-6-7-11(8-10(9)2)15-17-14-12(16)4-3-5-13(14)18-15/h3-8H,1-2H3. The van der Waals surface area contributed by atoms with Crippen molar-refractivity contribution in [3.63, 3.8) is 0 Å². The Morgan fingerprint density at radius 2 is 1.89 bits per heavy atom. The molecule has 0 saturated heterocycles. The summed E-state index contributed by atoms with van der Waals surface area (Å²) in [6.45, 7) is 4.24. The molecule has 3 aromatic rings. The maximum atomic E-state index is 6.16. The molecule has 0 spiro atoms. The Labute approximate surface area is 115 Å². The Hall–Kier alpha value is -1.38. The van der Waals surface area contributed by atoms with E-state index in [1.54, 1.807) is 11.3 Å². The molecule has 0 fully saturated rings. The second kappa shape index (κ2) is 4.38. The van der Waals surface area contributed by atoms with Gasteiger partial charge < -0.3 is 0 Å². The molecule has 1 nitrogen and oxygen atoms in total. The number of fused-ring (bicyclic) bond motifs is 1. The highest BCUT2D eigenvalue weighted by atomic mass is 35.5. The Bertz CT molecular complexity index is 730. The lowest BCUT2D eigenvalue weighted by molar-refractivity contribution is 1.33. The number of hydrogen-bond donors (Lipinski definition) is 0. The summed E-state index contributed by atoms with van der Waals surface area (Å²) < 4.78 is 1.13. The quantitative estimate of drug-likeness (QED) is 0.591. The molecule has 3 heteroatoms. The van der Waals surface area contributed by atoms with Crippen LogP contribution in [0, 0.1) is 13.8 Å². The third-order valence-electron chi connectivity index (χ3n) is 3.12. The molecular formula is C15H12ClNS. The fourth-order valence-electron chi connectivity index (χ4n) is 1.91. The van der Waals surface area contributed by atoms with Crippen LogP contribution in [0.3, 0.4) is 0 Å². The van der Waals surface area contributed by atoms with Crippen LogP contribution in [-0.4, -0.2) is 4.98 Å². The molecule has 0 bridgehead atoms. The lowest BCUT2D eigenvalue weighted by Crippen LogP contribution is -1.82. The van der Waals surface area contributed by atoms with Crippen LogP contribution in [0.1, 0.15) is 11.1 Å². The highest BCUT2D eigenvalue weighted by Crippen LogP contribution is 2.33. The van der Waals surface area contributed by atoms with E-state index in [2.05, 4.69) is 43.1 Å². The molecule has 1 heterocycles. The normalized spacial score (nSPS) is 11.1. The van der Waals surface area contributed by atoms with E-state index in [4.69, 9.17) is 11.6 Å². The largest absolute Gasteiger partial charge is 0.234 e. The lowest BCUT2D eigenvalue weighted by atomic mass is 10.1. The van der Waals surface area contributed by atoms with Crippen molar-refractivity contribution in [1.82, 2.24) is 4.98 Å². The summed E-state index contributed by atoms with van der Waals surface area (Å²) in [5.41, 5.74) is 4.66. The molecule has 90 valence electrons. The Balaban J connectivity index is 2.19. The van der Waals surface area contributed by atoms with Crippen molar-refractivity contribution < 1.29 is 0 Å². The molecule has 0 radical (unpaired) electrons. The van der Waals surface area contributed by atoms with E-state index < -0.39 is 0 Å². The van der Waals surface area contributed by atoms with E-state index in [9.17, 15) is 0 Å². The highest BCUT2D eigenvalue weighted by molar-refractivity contribution is 7.21. The van der Waals surface area contributed by atoms with Gasteiger partial charge in [-0.3, -0.25) is 0 Å². The minimum atomic E-state index is 0.721. The van der Waals surface area contributed by atoms with E-state index in [1.807, 2.05) is 12.1 Å². The first-order valence-electron chi connectivity index (χ1n) is 5.78. The summed E-state index contributed by atoms with van der Waals surface area (Å²) in [4.78, 5) is 4.64. The minimum absolute atomic E-state index is 0.721. The molecule has 3 rings (SSSR count). The average Bonchev–Trinajstić information content (AvgIpc) is 2.78. The maximum Gasteiger partial charge on any atom is 0.124 e. The summed E-state index contributed by atoms with van der Waals surface area (Å²) in [5, 5.41) is 1.75. The molecule has 0 amide bonds. The Kier molecular flexibility index (Phi) is 2.84. The first kappa shape index (κ1) is 11.7. The molecule has 0 N–H and O–H groups in total. The van der Waals surface area contributed by atoms with Gasteiger partial charge in [-0.15, -0.1) is 11.3 Å². The molecule has 0 unspecified atom stereocenters. The van der Waals surface area contributed by atoms with Crippen molar-refractivity contribution in [2.75, 3.05) is 0 Å². The second-order valence-electron chi connectivity index (χ2n) is 4.40. The fourth-order valence-corrected chi connectivity index (χ4v) is 3.17. The van der Waals surface area contributed by atoms with Crippen LogP contribution >= 0.6 is 22.9 Å². The summed E-state index contributed by atoms with van der Waals surface area (Å²) in [6.07, 6.45) is 0. The molecular weight excluding hydrogens is 262 g/mol. The highest BCUT2D eigenvalue weighted by Gasteiger charge is 2.09. The van der Waals surface area contributed by atoms with Crippen molar-refractivity contribution in [2.24, 2.45) is 0 Å². The third-order valence-corrected chi connectivity index (χ3v) is 4.50. The molecule has 2 aromatic carbocycles.